The molecular formula is C13H28N4O. The highest BCUT2D eigenvalue weighted by molar-refractivity contribution is 5.79. The largest absolute Gasteiger partial charge is 0.379 e. The van der Waals surface area contributed by atoms with Gasteiger partial charge in [-0.15, -0.1) is 0 Å². The van der Waals surface area contributed by atoms with E-state index in [1.807, 2.05) is 28.2 Å². The average molecular weight is 256 g/mol. The van der Waals surface area contributed by atoms with Crippen LogP contribution in [0.15, 0.2) is 4.99 Å². The van der Waals surface area contributed by atoms with Crippen molar-refractivity contribution < 1.29 is 4.74 Å². The minimum atomic E-state index is 0.581. The molecule has 1 aliphatic heterocycles. The summed E-state index contributed by atoms with van der Waals surface area (Å²) in [7, 11) is 8.13. The maximum Gasteiger partial charge on any atom is 0.195 e. The summed E-state index contributed by atoms with van der Waals surface area (Å²) in [6.07, 6.45) is 0. The molecule has 0 N–H and O–H groups in total. The minimum absolute atomic E-state index is 0.581. The van der Waals surface area contributed by atoms with Gasteiger partial charge in [-0.3, -0.25) is 9.89 Å². The smallest absolute Gasteiger partial charge is 0.195 e. The third-order valence-electron chi connectivity index (χ3n) is 3.02. The maximum absolute atomic E-state index is 5.36. The lowest BCUT2D eigenvalue weighted by atomic mass is 10.1. The van der Waals surface area contributed by atoms with Crippen molar-refractivity contribution in [2.45, 2.75) is 6.92 Å². The van der Waals surface area contributed by atoms with Gasteiger partial charge in [0.2, 0.25) is 0 Å². The molecule has 1 atom stereocenters. The van der Waals surface area contributed by atoms with Crippen LogP contribution in [0.1, 0.15) is 6.92 Å². The van der Waals surface area contributed by atoms with Crippen molar-refractivity contribution in [2.24, 2.45) is 10.9 Å². The van der Waals surface area contributed by atoms with Gasteiger partial charge in [0.05, 0.1) is 13.2 Å². The van der Waals surface area contributed by atoms with E-state index in [4.69, 9.17) is 9.73 Å². The number of ether oxygens (including phenoxy) is 1. The maximum atomic E-state index is 5.36. The second-order valence-electron chi connectivity index (χ2n) is 5.45. The summed E-state index contributed by atoms with van der Waals surface area (Å²) in [4.78, 5) is 11.3. The van der Waals surface area contributed by atoms with E-state index in [1.54, 1.807) is 0 Å². The highest BCUT2D eigenvalue weighted by Gasteiger charge is 2.14. The van der Waals surface area contributed by atoms with Crippen LogP contribution in [0.3, 0.4) is 0 Å². The molecule has 1 rings (SSSR count). The fourth-order valence-corrected chi connectivity index (χ4v) is 2.20. The monoisotopic (exact) mass is 256 g/mol. The van der Waals surface area contributed by atoms with Gasteiger partial charge >= 0.3 is 0 Å². The molecule has 0 amide bonds. The zero-order chi connectivity index (χ0) is 13.5. The van der Waals surface area contributed by atoms with Crippen LogP contribution in [-0.4, -0.2) is 88.2 Å². The molecule has 1 fully saturated rings. The van der Waals surface area contributed by atoms with Crippen LogP contribution in [0, 0.1) is 5.92 Å². The number of rotatable bonds is 4. The normalized spacial score (nSPS) is 18.3. The van der Waals surface area contributed by atoms with Gasteiger partial charge in [-0.2, -0.15) is 0 Å². The Morgan fingerprint density at radius 1 is 1.17 bits per heavy atom. The first-order chi connectivity index (χ1) is 8.50. The topological polar surface area (TPSA) is 31.3 Å². The number of aliphatic imine (C=N–C) groups is 1. The highest BCUT2D eigenvalue weighted by atomic mass is 16.5. The van der Waals surface area contributed by atoms with E-state index in [-0.39, 0.29) is 0 Å². The molecule has 0 spiro atoms. The van der Waals surface area contributed by atoms with E-state index >= 15 is 0 Å². The Kier molecular flexibility index (Phi) is 6.43. The molecule has 0 aromatic heterocycles. The molecule has 0 saturated carbocycles. The van der Waals surface area contributed by atoms with Crippen LogP contribution in [0.2, 0.25) is 0 Å². The Bertz CT molecular complexity index is 250. The first-order valence-corrected chi connectivity index (χ1v) is 6.70. The molecule has 18 heavy (non-hydrogen) atoms. The molecule has 0 aromatic carbocycles. The first kappa shape index (κ1) is 15.2. The molecule has 1 saturated heterocycles. The molecule has 0 aromatic rings. The Morgan fingerprint density at radius 3 is 2.22 bits per heavy atom. The van der Waals surface area contributed by atoms with Gasteiger partial charge in [0.15, 0.2) is 5.96 Å². The van der Waals surface area contributed by atoms with E-state index in [1.165, 1.54) is 0 Å². The Balaban J connectivity index is 2.38. The van der Waals surface area contributed by atoms with Crippen molar-refractivity contribution >= 4 is 5.96 Å². The molecule has 1 aliphatic rings. The van der Waals surface area contributed by atoms with Gasteiger partial charge in [0, 0.05) is 54.4 Å². The Labute approximate surface area is 111 Å². The van der Waals surface area contributed by atoms with Gasteiger partial charge in [-0.05, 0) is 5.92 Å². The molecule has 5 heteroatoms. The molecule has 0 aliphatic carbocycles. The predicted octanol–water partition coefficient (Wildman–Crippen LogP) is 0.434. The van der Waals surface area contributed by atoms with Crippen molar-refractivity contribution in [2.75, 3.05) is 67.6 Å². The zero-order valence-electron chi connectivity index (χ0n) is 12.5. The van der Waals surface area contributed by atoms with Gasteiger partial charge in [0.1, 0.15) is 0 Å². The summed E-state index contributed by atoms with van der Waals surface area (Å²) in [6.45, 7) is 8.11. The van der Waals surface area contributed by atoms with Crippen LogP contribution >= 0.6 is 0 Å². The Morgan fingerprint density at radius 2 is 1.72 bits per heavy atom. The van der Waals surface area contributed by atoms with Gasteiger partial charge < -0.3 is 14.5 Å². The molecule has 106 valence electrons. The van der Waals surface area contributed by atoms with Crippen molar-refractivity contribution in [1.29, 1.82) is 0 Å². The fourth-order valence-electron chi connectivity index (χ4n) is 2.20. The van der Waals surface area contributed by atoms with Crippen LogP contribution in [0.4, 0.5) is 0 Å². The molecule has 1 unspecified atom stereocenters. The SMILES string of the molecule is CC(CN=C(N(C)C)N(C)C)CN1CCOCC1. The number of hydrogen-bond donors (Lipinski definition) is 0. The summed E-state index contributed by atoms with van der Waals surface area (Å²) >= 11 is 0. The lowest BCUT2D eigenvalue weighted by Crippen LogP contribution is -2.40. The van der Waals surface area contributed by atoms with Crippen molar-refractivity contribution in [1.82, 2.24) is 14.7 Å². The van der Waals surface area contributed by atoms with Crippen LogP contribution < -0.4 is 0 Å². The van der Waals surface area contributed by atoms with Crippen LogP contribution in [0.5, 0.6) is 0 Å². The first-order valence-electron chi connectivity index (χ1n) is 6.70. The standard InChI is InChI=1S/C13H28N4O/c1-12(11-17-6-8-18-9-7-17)10-14-13(15(2)3)16(4)5/h12H,6-11H2,1-5H3. The van der Waals surface area contributed by atoms with Crippen molar-refractivity contribution in [3.8, 4) is 0 Å². The quantitative estimate of drug-likeness (QED) is 0.539. The van der Waals surface area contributed by atoms with Crippen LogP contribution in [-0.2, 0) is 4.74 Å². The number of morpholine rings is 1. The van der Waals surface area contributed by atoms with Crippen LogP contribution in [0.25, 0.3) is 0 Å². The van der Waals surface area contributed by atoms with Gasteiger partial charge in [-0.25, -0.2) is 0 Å². The molecule has 0 radical (unpaired) electrons. The number of nitrogens with zero attached hydrogens (tertiary/aromatic N) is 4. The summed E-state index contributed by atoms with van der Waals surface area (Å²) in [5.74, 6) is 1.61. The van der Waals surface area contributed by atoms with E-state index in [0.29, 0.717) is 5.92 Å². The Hall–Kier alpha value is -0.810. The summed E-state index contributed by atoms with van der Waals surface area (Å²) in [6, 6.07) is 0. The lowest BCUT2D eigenvalue weighted by molar-refractivity contribution is 0.0323. The van der Waals surface area contributed by atoms with E-state index in [0.717, 1.165) is 45.4 Å². The lowest BCUT2D eigenvalue weighted by Gasteiger charge is -2.29. The third kappa shape index (κ3) is 5.23. The molecule has 1 heterocycles. The molecule has 0 bridgehead atoms. The predicted molar refractivity (Wildman–Crippen MR) is 76.1 cm³/mol. The number of hydrogen-bond acceptors (Lipinski definition) is 3. The number of guanidine groups is 1. The van der Waals surface area contributed by atoms with Gasteiger partial charge in [0.25, 0.3) is 0 Å². The van der Waals surface area contributed by atoms with E-state index < -0.39 is 0 Å². The highest BCUT2D eigenvalue weighted by Crippen LogP contribution is 2.04. The summed E-state index contributed by atoms with van der Waals surface area (Å²) in [5, 5.41) is 0. The fraction of sp³-hybridized carbons (Fsp3) is 0.923. The van der Waals surface area contributed by atoms with E-state index in [2.05, 4.69) is 21.6 Å². The minimum Gasteiger partial charge on any atom is -0.379 e. The van der Waals surface area contributed by atoms with Crippen molar-refractivity contribution in [3.05, 3.63) is 0 Å². The zero-order valence-corrected chi connectivity index (χ0v) is 12.5. The average Bonchev–Trinajstić information content (AvgIpc) is 2.29. The molecular weight excluding hydrogens is 228 g/mol. The summed E-state index contributed by atoms with van der Waals surface area (Å²) in [5.41, 5.74) is 0. The van der Waals surface area contributed by atoms with Gasteiger partial charge in [-0.1, -0.05) is 6.92 Å². The molecule has 5 nitrogen and oxygen atoms in total. The summed E-state index contributed by atoms with van der Waals surface area (Å²) < 4.78 is 5.36. The second kappa shape index (κ2) is 7.59. The third-order valence-corrected chi connectivity index (χ3v) is 3.02. The van der Waals surface area contributed by atoms with Crippen molar-refractivity contribution in [3.63, 3.8) is 0 Å². The van der Waals surface area contributed by atoms with E-state index in [9.17, 15) is 0 Å². The second-order valence-corrected chi connectivity index (χ2v) is 5.45.